The molecule has 4 nitrogen and oxygen atoms in total. The summed E-state index contributed by atoms with van der Waals surface area (Å²) in [5.74, 6) is 2.34. The van der Waals surface area contributed by atoms with E-state index in [1.807, 2.05) is 26.9 Å². The number of hydrogen-bond acceptors (Lipinski definition) is 4. The molecule has 0 saturated carbocycles. The third-order valence-corrected chi connectivity index (χ3v) is 2.70. The fourth-order valence-electron chi connectivity index (χ4n) is 1.56. The zero-order valence-electron chi connectivity index (χ0n) is 11.7. The molecule has 4 heteroatoms. The number of esters is 1. The molecule has 2 atom stereocenters. The third-order valence-electron chi connectivity index (χ3n) is 2.70. The van der Waals surface area contributed by atoms with Crippen molar-refractivity contribution in [1.29, 1.82) is 0 Å². The standard InChI is InChI=1S/C14H24O4/c1-5-12(18-13(17)10-11(2)16)6-7-14(3,4)8-9-15/h11-12,15-16H,5-7,10H2,1-4H3. The van der Waals surface area contributed by atoms with Gasteiger partial charge >= 0.3 is 5.97 Å². The highest BCUT2D eigenvalue weighted by Gasteiger charge is 2.20. The summed E-state index contributed by atoms with van der Waals surface area (Å²) in [5.41, 5.74) is -0.293. The molecule has 0 rings (SSSR count). The molecule has 0 bridgehead atoms. The molecule has 0 aliphatic carbocycles. The Bertz CT molecular complexity index is 309. The molecule has 0 aliphatic rings. The molecule has 0 aromatic heterocycles. The Labute approximate surface area is 109 Å². The minimum Gasteiger partial charge on any atom is -0.462 e. The summed E-state index contributed by atoms with van der Waals surface area (Å²) < 4.78 is 5.27. The monoisotopic (exact) mass is 256 g/mol. The van der Waals surface area contributed by atoms with Crippen LogP contribution in [-0.4, -0.2) is 28.4 Å². The number of hydrogen-bond donors (Lipinski definition) is 2. The second kappa shape index (κ2) is 7.99. The smallest absolute Gasteiger partial charge is 0.308 e. The van der Waals surface area contributed by atoms with Crippen LogP contribution in [0.3, 0.4) is 0 Å². The summed E-state index contributed by atoms with van der Waals surface area (Å²) in [6.07, 6.45) is 3.28. The average molecular weight is 256 g/mol. The van der Waals surface area contributed by atoms with Crippen LogP contribution in [0.15, 0.2) is 0 Å². The van der Waals surface area contributed by atoms with Crippen molar-refractivity contribution in [3.05, 3.63) is 0 Å². The molecule has 2 unspecified atom stereocenters. The number of carbonyl (C=O) groups is 1. The van der Waals surface area contributed by atoms with Crippen molar-refractivity contribution in [2.45, 2.75) is 65.6 Å². The lowest BCUT2D eigenvalue weighted by molar-refractivity contribution is -0.151. The van der Waals surface area contributed by atoms with Crippen LogP contribution in [0.4, 0.5) is 0 Å². The van der Waals surface area contributed by atoms with Crippen molar-refractivity contribution in [2.24, 2.45) is 5.41 Å². The van der Waals surface area contributed by atoms with E-state index in [0.29, 0.717) is 6.42 Å². The van der Waals surface area contributed by atoms with Gasteiger partial charge in [-0.25, -0.2) is 0 Å². The summed E-state index contributed by atoms with van der Waals surface area (Å²) in [7, 11) is 0. The topological polar surface area (TPSA) is 66.8 Å². The van der Waals surface area contributed by atoms with Gasteiger partial charge in [-0.3, -0.25) is 4.79 Å². The summed E-state index contributed by atoms with van der Waals surface area (Å²) in [5, 5.41) is 17.7. The second-order valence-corrected chi connectivity index (χ2v) is 5.23. The van der Waals surface area contributed by atoms with E-state index in [1.54, 1.807) is 6.92 Å². The van der Waals surface area contributed by atoms with E-state index in [9.17, 15) is 4.79 Å². The van der Waals surface area contributed by atoms with Crippen molar-refractivity contribution in [3.63, 3.8) is 0 Å². The highest BCUT2D eigenvalue weighted by atomic mass is 16.5. The average Bonchev–Trinajstić information content (AvgIpc) is 2.23. The Morgan fingerprint density at radius 2 is 2.06 bits per heavy atom. The van der Waals surface area contributed by atoms with Crippen LogP contribution in [0.25, 0.3) is 0 Å². The quantitative estimate of drug-likeness (QED) is 0.541. The van der Waals surface area contributed by atoms with Crippen LogP contribution in [-0.2, 0) is 9.53 Å². The lowest BCUT2D eigenvalue weighted by atomic mass is 9.87. The van der Waals surface area contributed by atoms with Crippen molar-refractivity contribution < 1.29 is 19.7 Å². The van der Waals surface area contributed by atoms with Gasteiger partial charge < -0.3 is 14.9 Å². The molecule has 0 saturated heterocycles. The fourth-order valence-corrected chi connectivity index (χ4v) is 1.56. The largest absolute Gasteiger partial charge is 0.462 e. The van der Waals surface area contributed by atoms with Crippen LogP contribution < -0.4 is 0 Å². The fraction of sp³-hybridized carbons (Fsp3) is 0.786. The van der Waals surface area contributed by atoms with Gasteiger partial charge in [-0.2, -0.15) is 0 Å². The first kappa shape index (κ1) is 16.8. The predicted molar refractivity (Wildman–Crippen MR) is 69.2 cm³/mol. The molecule has 0 aliphatic heterocycles. The first-order chi connectivity index (χ1) is 8.30. The van der Waals surface area contributed by atoms with E-state index in [1.165, 1.54) is 0 Å². The molecule has 0 radical (unpaired) electrons. The molecule has 2 N–H and O–H groups in total. The van der Waals surface area contributed by atoms with Gasteiger partial charge in [0.1, 0.15) is 12.2 Å². The van der Waals surface area contributed by atoms with Crippen molar-refractivity contribution in [2.75, 3.05) is 0 Å². The van der Waals surface area contributed by atoms with Crippen molar-refractivity contribution >= 4 is 5.97 Å². The van der Waals surface area contributed by atoms with Crippen molar-refractivity contribution in [3.8, 4) is 12.0 Å². The molecule has 18 heavy (non-hydrogen) atoms. The zero-order valence-corrected chi connectivity index (χ0v) is 11.7. The maximum Gasteiger partial charge on any atom is 0.308 e. The predicted octanol–water partition coefficient (Wildman–Crippen LogP) is 2.22. The SMILES string of the molecule is CCC(CCC(C)(C)C#CO)OC(=O)CC(C)O. The van der Waals surface area contributed by atoms with E-state index >= 15 is 0 Å². The number of aliphatic hydroxyl groups excluding tert-OH is 2. The molecular formula is C14H24O4. The third kappa shape index (κ3) is 7.97. The number of carbonyl (C=O) groups excluding carboxylic acids is 1. The number of rotatable bonds is 7. The summed E-state index contributed by atoms with van der Waals surface area (Å²) in [6, 6.07) is 0. The minimum atomic E-state index is -0.674. The summed E-state index contributed by atoms with van der Waals surface area (Å²) in [4.78, 5) is 11.4. The van der Waals surface area contributed by atoms with E-state index in [2.05, 4.69) is 5.92 Å². The second-order valence-electron chi connectivity index (χ2n) is 5.23. The molecule has 0 fully saturated rings. The van der Waals surface area contributed by atoms with Gasteiger partial charge in [0.05, 0.1) is 12.5 Å². The first-order valence-corrected chi connectivity index (χ1v) is 6.34. The maximum absolute atomic E-state index is 11.4. The van der Waals surface area contributed by atoms with Crippen LogP contribution >= 0.6 is 0 Å². The van der Waals surface area contributed by atoms with E-state index in [0.717, 1.165) is 12.8 Å². The summed E-state index contributed by atoms with van der Waals surface area (Å²) in [6.45, 7) is 7.37. The number of ether oxygens (including phenoxy) is 1. The van der Waals surface area contributed by atoms with Gasteiger partial charge in [-0.05, 0) is 40.0 Å². The Kier molecular flexibility index (Phi) is 7.45. The van der Waals surface area contributed by atoms with Crippen LogP contribution in [0.5, 0.6) is 0 Å². The van der Waals surface area contributed by atoms with Gasteiger partial charge in [0.15, 0.2) is 0 Å². The molecule has 0 spiro atoms. The molecule has 0 aromatic rings. The Morgan fingerprint density at radius 1 is 1.44 bits per heavy atom. The zero-order chi connectivity index (χ0) is 14.2. The van der Waals surface area contributed by atoms with Gasteiger partial charge in [0.25, 0.3) is 0 Å². The van der Waals surface area contributed by atoms with Gasteiger partial charge in [-0.1, -0.05) is 12.8 Å². The van der Waals surface area contributed by atoms with Crippen LogP contribution in [0.1, 0.15) is 53.4 Å². The Balaban J connectivity index is 4.18. The molecule has 0 heterocycles. The highest BCUT2D eigenvalue weighted by molar-refractivity contribution is 5.70. The van der Waals surface area contributed by atoms with Gasteiger partial charge in [0, 0.05) is 5.41 Å². The molecule has 0 amide bonds. The van der Waals surface area contributed by atoms with Crippen LogP contribution in [0.2, 0.25) is 0 Å². The maximum atomic E-state index is 11.4. The first-order valence-electron chi connectivity index (χ1n) is 6.34. The lowest BCUT2D eigenvalue weighted by Gasteiger charge is -2.22. The Hall–Kier alpha value is -1.21. The van der Waals surface area contributed by atoms with Crippen molar-refractivity contribution in [1.82, 2.24) is 0 Å². The van der Waals surface area contributed by atoms with E-state index < -0.39 is 6.10 Å². The highest BCUT2D eigenvalue weighted by Crippen LogP contribution is 2.23. The summed E-state index contributed by atoms with van der Waals surface area (Å²) >= 11 is 0. The van der Waals surface area contributed by atoms with Gasteiger partial charge in [-0.15, -0.1) is 0 Å². The molecular weight excluding hydrogens is 232 g/mol. The molecule has 0 aromatic carbocycles. The lowest BCUT2D eigenvalue weighted by Crippen LogP contribution is -2.22. The number of aliphatic hydroxyl groups is 2. The Morgan fingerprint density at radius 3 is 2.50 bits per heavy atom. The van der Waals surface area contributed by atoms with Gasteiger partial charge in [0.2, 0.25) is 0 Å². The van der Waals surface area contributed by atoms with E-state index in [4.69, 9.17) is 14.9 Å². The van der Waals surface area contributed by atoms with E-state index in [-0.39, 0.29) is 23.9 Å². The molecule has 104 valence electrons. The minimum absolute atomic E-state index is 0.0241. The van der Waals surface area contributed by atoms with Crippen LogP contribution in [0, 0.1) is 17.4 Å². The normalized spacial score (nSPS) is 14.3.